The Morgan fingerprint density at radius 2 is 2.20 bits per heavy atom. The van der Waals surface area contributed by atoms with E-state index in [1.165, 1.54) is 0 Å². The zero-order valence-electron chi connectivity index (χ0n) is 9.11. The van der Waals surface area contributed by atoms with Crippen molar-refractivity contribution < 1.29 is 4.42 Å². The molecule has 0 saturated carbocycles. The standard InChI is InChI=1S/C10H14N4O/c1-7-4-5-9(15-7)6-11-10-12-8(2)13-14(10)3/h4-5H,6H2,1-3H3,(H,11,12,13). The van der Waals surface area contributed by atoms with Gasteiger partial charge in [-0.25, -0.2) is 4.68 Å². The molecule has 15 heavy (non-hydrogen) atoms. The lowest BCUT2D eigenvalue weighted by atomic mass is 10.4. The van der Waals surface area contributed by atoms with Crippen LogP contribution in [0.5, 0.6) is 0 Å². The molecule has 0 spiro atoms. The molecule has 5 nitrogen and oxygen atoms in total. The molecule has 0 aromatic carbocycles. The van der Waals surface area contributed by atoms with E-state index in [0.717, 1.165) is 23.3 Å². The van der Waals surface area contributed by atoms with Crippen molar-refractivity contribution in [2.24, 2.45) is 7.05 Å². The van der Waals surface area contributed by atoms with Crippen molar-refractivity contribution in [1.82, 2.24) is 14.8 Å². The van der Waals surface area contributed by atoms with E-state index in [9.17, 15) is 0 Å². The van der Waals surface area contributed by atoms with Gasteiger partial charge in [-0.2, -0.15) is 10.1 Å². The Kier molecular flexibility index (Phi) is 2.45. The second kappa shape index (κ2) is 3.76. The molecular weight excluding hydrogens is 192 g/mol. The third kappa shape index (κ3) is 2.18. The average Bonchev–Trinajstić information content (AvgIpc) is 2.70. The first-order chi connectivity index (χ1) is 7.15. The number of hydrogen-bond acceptors (Lipinski definition) is 4. The van der Waals surface area contributed by atoms with Gasteiger partial charge in [0.25, 0.3) is 0 Å². The van der Waals surface area contributed by atoms with Crippen molar-refractivity contribution in [2.75, 3.05) is 5.32 Å². The van der Waals surface area contributed by atoms with Gasteiger partial charge in [0.2, 0.25) is 5.95 Å². The fourth-order valence-corrected chi connectivity index (χ4v) is 1.41. The van der Waals surface area contributed by atoms with Crippen molar-refractivity contribution in [3.63, 3.8) is 0 Å². The fourth-order valence-electron chi connectivity index (χ4n) is 1.41. The van der Waals surface area contributed by atoms with Gasteiger partial charge in [-0.05, 0) is 26.0 Å². The Hall–Kier alpha value is -1.78. The van der Waals surface area contributed by atoms with Gasteiger partial charge < -0.3 is 9.73 Å². The number of hydrogen-bond donors (Lipinski definition) is 1. The summed E-state index contributed by atoms with van der Waals surface area (Å²) in [5, 5.41) is 7.30. The van der Waals surface area contributed by atoms with Crippen LogP contribution < -0.4 is 5.32 Å². The van der Waals surface area contributed by atoms with E-state index in [-0.39, 0.29) is 0 Å². The second-order valence-electron chi connectivity index (χ2n) is 3.47. The van der Waals surface area contributed by atoms with Crippen LogP contribution in [0, 0.1) is 13.8 Å². The van der Waals surface area contributed by atoms with Gasteiger partial charge in [-0.15, -0.1) is 0 Å². The maximum atomic E-state index is 5.43. The highest BCUT2D eigenvalue weighted by Gasteiger charge is 2.04. The van der Waals surface area contributed by atoms with Gasteiger partial charge in [-0.1, -0.05) is 0 Å². The van der Waals surface area contributed by atoms with Gasteiger partial charge in [0.05, 0.1) is 6.54 Å². The van der Waals surface area contributed by atoms with Crippen molar-refractivity contribution in [2.45, 2.75) is 20.4 Å². The van der Waals surface area contributed by atoms with Crippen LogP contribution in [-0.2, 0) is 13.6 Å². The van der Waals surface area contributed by atoms with Crippen molar-refractivity contribution in [3.8, 4) is 0 Å². The normalized spacial score (nSPS) is 10.6. The molecule has 0 aliphatic carbocycles. The minimum Gasteiger partial charge on any atom is -0.465 e. The number of nitrogens with zero attached hydrogens (tertiary/aromatic N) is 3. The Morgan fingerprint density at radius 1 is 1.40 bits per heavy atom. The third-order valence-electron chi connectivity index (χ3n) is 2.09. The zero-order valence-corrected chi connectivity index (χ0v) is 9.11. The van der Waals surface area contributed by atoms with E-state index in [2.05, 4.69) is 15.4 Å². The van der Waals surface area contributed by atoms with Crippen LogP contribution in [0.15, 0.2) is 16.5 Å². The lowest BCUT2D eigenvalue weighted by molar-refractivity contribution is 0.489. The highest BCUT2D eigenvalue weighted by molar-refractivity contribution is 5.25. The first kappa shape index (κ1) is 9.76. The van der Waals surface area contributed by atoms with Gasteiger partial charge in [0.15, 0.2) is 0 Å². The molecule has 2 aromatic rings. The van der Waals surface area contributed by atoms with E-state index in [1.54, 1.807) is 4.68 Å². The summed E-state index contributed by atoms with van der Waals surface area (Å²) in [6.07, 6.45) is 0. The largest absolute Gasteiger partial charge is 0.465 e. The molecule has 5 heteroatoms. The number of aromatic nitrogens is 3. The van der Waals surface area contributed by atoms with Crippen molar-refractivity contribution in [3.05, 3.63) is 29.5 Å². The maximum absolute atomic E-state index is 5.43. The molecule has 0 bridgehead atoms. The number of aryl methyl sites for hydroxylation is 3. The summed E-state index contributed by atoms with van der Waals surface area (Å²) in [7, 11) is 1.86. The Balaban J connectivity index is 2.01. The summed E-state index contributed by atoms with van der Waals surface area (Å²) < 4.78 is 7.15. The quantitative estimate of drug-likeness (QED) is 0.829. The Bertz CT molecular complexity index is 458. The maximum Gasteiger partial charge on any atom is 0.221 e. The Morgan fingerprint density at radius 3 is 2.73 bits per heavy atom. The molecule has 0 atom stereocenters. The minimum absolute atomic E-state index is 0.625. The molecule has 2 aromatic heterocycles. The lowest BCUT2D eigenvalue weighted by Crippen LogP contribution is -2.04. The summed E-state index contributed by atoms with van der Waals surface area (Å²) in [5.74, 6) is 3.33. The summed E-state index contributed by atoms with van der Waals surface area (Å²) in [4.78, 5) is 4.23. The van der Waals surface area contributed by atoms with Crippen LogP contribution in [0.2, 0.25) is 0 Å². The number of furan rings is 1. The van der Waals surface area contributed by atoms with Gasteiger partial charge >= 0.3 is 0 Å². The predicted molar refractivity (Wildman–Crippen MR) is 56.5 cm³/mol. The fraction of sp³-hybridized carbons (Fsp3) is 0.400. The monoisotopic (exact) mass is 206 g/mol. The summed E-state index contributed by atoms with van der Waals surface area (Å²) in [6, 6.07) is 3.89. The van der Waals surface area contributed by atoms with E-state index in [4.69, 9.17) is 4.42 Å². The molecule has 0 unspecified atom stereocenters. The van der Waals surface area contributed by atoms with Crippen LogP contribution in [-0.4, -0.2) is 14.8 Å². The van der Waals surface area contributed by atoms with E-state index >= 15 is 0 Å². The molecule has 0 radical (unpaired) electrons. The molecule has 2 rings (SSSR count). The topological polar surface area (TPSA) is 55.9 Å². The first-order valence-corrected chi connectivity index (χ1v) is 4.82. The molecule has 0 fully saturated rings. The second-order valence-corrected chi connectivity index (χ2v) is 3.47. The number of anilines is 1. The summed E-state index contributed by atoms with van der Waals surface area (Å²) >= 11 is 0. The summed E-state index contributed by atoms with van der Waals surface area (Å²) in [5.41, 5.74) is 0. The van der Waals surface area contributed by atoms with Crippen molar-refractivity contribution in [1.29, 1.82) is 0 Å². The molecular formula is C10H14N4O. The third-order valence-corrected chi connectivity index (χ3v) is 2.09. The SMILES string of the molecule is Cc1nc(NCc2ccc(C)o2)n(C)n1. The van der Waals surface area contributed by atoms with E-state index < -0.39 is 0 Å². The van der Waals surface area contributed by atoms with E-state index in [1.807, 2.05) is 33.0 Å². The first-order valence-electron chi connectivity index (χ1n) is 4.82. The minimum atomic E-state index is 0.625. The molecule has 0 saturated heterocycles. The molecule has 0 aliphatic heterocycles. The molecule has 0 amide bonds. The molecule has 1 N–H and O–H groups in total. The molecule has 80 valence electrons. The number of rotatable bonds is 3. The average molecular weight is 206 g/mol. The smallest absolute Gasteiger partial charge is 0.221 e. The van der Waals surface area contributed by atoms with Crippen LogP contribution >= 0.6 is 0 Å². The highest BCUT2D eigenvalue weighted by atomic mass is 16.3. The lowest BCUT2D eigenvalue weighted by Gasteiger charge is -2.01. The van der Waals surface area contributed by atoms with Crippen LogP contribution in [0.3, 0.4) is 0 Å². The molecule has 2 heterocycles. The van der Waals surface area contributed by atoms with Crippen molar-refractivity contribution >= 4 is 5.95 Å². The summed E-state index contributed by atoms with van der Waals surface area (Å²) in [6.45, 7) is 4.41. The van der Waals surface area contributed by atoms with Gasteiger partial charge in [0.1, 0.15) is 17.3 Å². The van der Waals surface area contributed by atoms with Gasteiger partial charge in [0, 0.05) is 7.05 Å². The van der Waals surface area contributed by atoms with E-state index in [0.29, 0.717) is 6.54 Å². The van der Waals surface area contributed by atoms with Crippen LogP contribution in [0.1, 0.15) is 17.3 Å². The van der Waals surface area contributed by atoms with Crippen LogP contribution in [0.25, 0.3) is 0 Å². The zero-order chi connectivity index (χ0) is 10.8. The Labute approximate surface area is 88.1 Å². The molecule has 0 aliphatic rings. The predicted octanol–water partition coefficient (Wildman–Crippen LogP) is 1.64. The van der Waals surface area contributed by atoms with Gasteiger partial charge in [-0.3, -0.25) is 0 Å². The van der Waals surface area contributed by atoms with Crippen LogP contribution in [0.4, 0.5) is 5.95 Å². The number of nitrogens with one attached hydrogen (secondary N) is 1. The highest BCUT2D eigenvalue weighted by Crippen LogP contribution is 2.09.